The highest BCUT2D eigenvalue weighted by Gasteiger charge is 2.48. The minimum absolute atomic E-state index is 0.0108. The molecule has 0 unspecified atom stereocenters. The second kappa shape index (κ2) is 7.25. The van der Waals surface area contributed by atoms with Gasteiger partial charge in [-0.05, 0) is 28.5 Å². The fourth-order valence-electron chi connectivity index (χ4n) is 4.66. The third-order valence-electron chi connectivity index (χ3n) is 5.75. The molecule has 2 aliphatic carbocycles. The summed E-state index contributed by atoms with van der Waals surface area (Å²) in [7, 11) is 0. The van der Waals surface area contributed by atoms with Gasteiger partial charge in [0.1, 0.15) is 17.3 Å². The molecule has 150 valence electrons. The first-order chi connectivity index (χ1) is 12.9. The summed E-state index contributed by atoms with van der Waals surface area (Å²) in [4.78, 5) is 39.2. The maximum Gasteiger partial charge on any atom is 0.163 e. The Morgan fingerprint density at radius 3 is 2.07 bits per heavy atom. The number of hydrogen-bond donors (Lipinski definition) is 1. The summed E-state index contributed by atoms with van der Waals surface area (Å²) in [5, 5.41) is 10.8. The Morgan fingerprint density at radius 1 is 0.964 bits per heavy atom. The average molecular weight is 447 g/mol. The van der Waals surface area contributed by atoms with Crippen molar-refractivity contribution in [3.05, 3.63) is 45.6 Å². The molecule has 1 fully saturated rings. The van der Waals surface area contributed by atoms with Crippen molar-refractivity contribution in [1.29, 1.82) is 0 Å². The molecule has 28 heavy (non-hydrogen) atoms. The van der Waals surface area contributed by atoms with E-state index in [-0.39, 0.29) is 45.9 Å². The van der Waals surface area contributed by atoms with Gasteiger partial charge in [0.2, 0.25) is 0 Å². The van der Waals surface area contributed by atoms with E-state index in [1.807, 2.05) is 52.0 Å². The zero-order chi connectivity index (χ0) is 20.9. The normalized spacial score (nSPS) is 23.8. The molecule has 1 aromatic carbocycles. The van der Waals surface area contributed by atoms with E-state index >= 15 is 0 Å². The molecule has 1 N–H and O–H groups in total. The van der Waals surface area contributed by atoms with Gasteiger partial charge in [0.25, 0.3) is 0 Å². The maximum absolute atomic E-state index is 13.1. The number of rotatable bonds is 3. The number of carbonyl (C=O) groups excluding carboxylic acids is 3. The van der Waals surface area contributed by atoms with Crippen molar-refractivity contribution in [3.63, 3.8) is 0 Å². The van der Waals surface area contributed by atoms with Crippen molar-refractivity contribution in [1.82, 2.24) is 0 Å². The molecule has 0 saturated heterocycles. The Hall–Kier alpha value is -1.75. The molecule has 1 atom stereocenters. The van der Waals surface area contributed by atoms with Crippen molar-refractivity contribution >= 4 is 33.3 Å². The second-order valence-electron chi connectivity index (χ2n) is 9.76. The number of halogens is 1. The highest BCUT2D eigenvalue weighted by Crippen LogP contribution is 2.47. The third kappa shape index (κ3) is 4.14. The lowest BCUT2D eigenvalue weighted by molar-refractivity contribution is -0.140. The van der Waals surface area contributed by atoms with E-state index in [9.17, 15) is 19.5 Å². The van der Waals surface area contributed by atoms with Crippen LogP contribution in [-0.2, 0) is 14.4 Å². The SMILES string of the molecule is CC1(C)CC(=O)C([C@@H](C2=C(O)CC(C)(C)CC2=O)c2cccc(Br)c2)C(=O)C1. The molecule has 0 aliphatic heterocycles. The van der Waals surface area contributed by atoms with Crippen LogP contribution >= 0.6 is 15.9 Å². The van der Waals surface area contributed by atoms with Crippen molar-refractivity contribution in [2.24, 2.45) is 16.7 Å². The molecule has 5 heteroatoms. The predicted octanol–water partition coefficient (Wildman–Crippen LogP) is 5.31. The quantitative estimate of drug-likeness (QED) is 0.638. The van der Waals surface area contributed by atoms with Crippen LogP contribution in [0.4, 0.5) is 0 Å². The third-order valence-corrected chi connectivity index (χ3v) is 6.24. The molecule has 0 aromatic heterocycles. The molecular formula is C23H27BrO4. The number of hydrogen-bond acceptors (Lipinski definition) is 4. The van der Waals surface area contributed by atoms with Gasteiger partial charge in [-0.3, -0.25) is 14.4 Å². The number of ketones is 3. The standard InChI is InChI=1S/C23H27BrO4/c1-22(2)9-15(25)20(16(26)10-22)19(13-6-5-7-14(24)8-13)21-17(27)11-23(3,4)12-18(21)28/h5-8,19-20,27H,9-12H2,1-4H3/t19-/m0/s1. The van der Waals surface area contributed by atoms with Gasteiger partial charge in [-0.15, -0.1) is 0 Å². The largest absolute Gasteiger partial charge is 0.512 e. The van der Waals surface area contributed by atoms with E-state index in [1.54, 1.807) is 0 Å². The van der Waals surface area contributed by atoms with Crippen LogP contribution in [0.15, 0.2) is 40.1 Å². The number of aliphatic hydroxyl groups excluding tert-OH is 1. The van der Waals surface area contributed by atoms with Gasteiger partial charge in [0.15, 0.2) is 5.78 Å². The molecule has 3 rings (SSSR count). The van der Waals surface area contributed by atoms with Gasteiger partial charge >= 0.3 is 0 Å². The van der Waals surface area contributed by atoms with Gasteiger partial charge in [-0.25, -0.2) is 0 Å². The number of carbonyl (C=O) groups is 3. The predicted molar refractivity (Wildman–Crippen MR) is 111 cm³/mol. The van der Waals surface area contributed by atoms with E-state index in [0.29, 0.717) is 24.8 Å². The first kappa shape index (κ1) is 21.0. The molecule has 0 amide bonds. The maximum atomic E-state index is 13.1. The molecule has 0 radical (unpaired) electrons. The Bertz CT molecular complexity index is 858. The van der Waals surface area contributed by atoms with Crippen LogP contribution in [0, 0.1) is 16.7 Å². The zero-order valence-corrected chi connectivity index (χ0v) is 18.4. The minimum atomic E-state index is -0.926. The van der Waals surface area contributed by atoms with Gasteiger partial charge in [0.05, 0.1) is 5.92 Å². The number of allylic oxidation sites excluding steroid dienone is 2. The van der Waals surface area contributed by atoms with Crippen LogP contribution in [0.25, 0.3) is 0 Å². The Kier molecular flexibility index (Phi) is 5.43. The van der Waals surface area contributed by atoms with E-state index in [1.165, 1.54) is 0 Å². The first-order valence-corrected chi connectivity index (χ1v) is 10.5. The molecule has 0 bridgehead atoms. The molecule has 4 nitrogen and oxygen atoms in total. The van der Waals surface area contributed by atoms with Crippen LogP contribution in [-0.4, -0.2) is 22.5 Å². The lowest BCUT2D eigenvalue weighted by Gasteiger charge is -2.39. The number of aliphatic hydroxyl groups is 1. The highest BCUT2D eigenvalue weighted by atomic mass is 79.9. The van der Waals surface area contributed by atoms with Crippen LogP contribution in [0.1, 0.15) is 64.9 Å². The summed E-state index contributed by atoms with van der Waals surface area (Å²) >= 11 is 3.44. The van der Waals surface area contributed by atoms with Crippen molar-refractivity contribution in [3.8, 4) is 0 Å². The summed E-state index contributed by atoms with van der Waals surface area (Å²) < 4.78 is 0.801. The van der Waals surface area contributed by atoms with Crippen molar-refractivity contribution in [2.45, 2.75) is 59.3 Å². The topological polar surface area (TPSA) is 71.4 Å². The van der Waals surface area contributed by atoms with Crippen molar-refractivity contribution in [2.75, 3.05) is 0 Å². The fourth-order valence-corrected chi connectivity index (χ4v) is 5.07. The van der Waals surface area contributed by atoms with Crippen LogP contribution in [0.3, 0.4) is 0 Å². The van der Waals surface area contributed by atoms with Gasteiger partial charge in [-0.2, -0.15) is 0 Å². The van der Waals surface area contributed by atoms with Crippen LogP contribution < -0.4 is 0 Å². The van der Waals surface area contributed by atoms with E-state index < -0.39 is 11.8 Å². The second-order valence-corrected chi connectivity index (χ2v) is 10.7. The summed E-state index contributed by atoms with van der Waals surface area (Å²) in [6.45, 7) is 7.70. The summed E-state index contributed by atoms with van der Waals surface area (Å²) in [5.74, 6) is -2.13. The fraction of sp³-hybridized carbons (Fsp3) is 0.522. The van der Waals surface area contributed by atoms with Gasteiger partial charge in [0, 0.05) is 41.6 Å². The highest BCUT2D eigenvalue weighted by molar-refractivity contribution is 9.10. The lowest BCUT2D eigenvalue weighted by atomic mass is 9.62. The average Bonchev–Trinajstić information content (AvgIpc) is 2.49. The molecule has 1 saturated carbocycles. The molecular weight excluding hydrogens is 420 g/mol. The molecule has 0 spiro atoms. The van der Waals surface area contributed by atoms with Crippen molar-refractivity contribution < 1.29 is 19.5 Å². The van der Waals surface area contributed by atoms with Crippen LogP contribution in [0.5, 0.6) is 0 Å². The first-order valence-electron chi connectivity index (χ1n) is 9.66. The van der Waals surface area contributed by atoms with Crippen LogP contribution in [0.2, 0.25) is 0 Å². The van der Waals surface area contributed by atoms with E-state index in [4.69, 9.17) is 0 Å². The smallest absolute Gasteiger partial charge is 0.163 e. The Morgan fingerprint density at radius 2 is 1.54 bits per heavy atom. The molecule has 0 heterocycles. The summed E-state index contributed by atoms with van der Waals surface area (Å²) in [6, 6.07) is 7.33. The Balaban J connectivity index is 2.16. The number of Topliss-reactive ketones (excluding diaryl/α,β-unsaturated/α-hetero) is 3. The Labute approximate surface area is 174 Å². The van der Waals surface area contributed by atoms with Gasteiger partial charge in [-0.1, -0.05) is 55.8 Å². The van der Waals surface area contributed by atoms with E-state index in [2.05, 4.69) is 15.9 Å². The molecule has 1 aromatic rings. The number of benzene rings is 1. The summed E-state index contributed by atoms with van der Waals surface area (Å²) in [5.41, 5.74) is 0.232. The van der Waals surface area contributed by atoms with Gasteiger partial charge < -0.3 is 5.11 Å². The monoisotopic (exact) mass is 446 g/mol. The lowest BCUT2D eigenvalue weighted by Crippen LogP contribution is -2.43. The van der Waals surface area contributed by atoms with E-state index in [0.717, 1.165) is 4.47 Å². The zero-order valence-electron chi connectivity index (χ0n) is 16.8. The molecule has 2 aliphatic rings. The summed E-state index contributed by atoms with van der Waals surface area (Å²) in [6.07, 6.45) is 1.24. The minimum Gasteiger partial charge on any atom is -0.512 e.